The second-order valence-corrected chi connectivity index (χ2v) is 13.9. The van der Waals surface area contributed by atoms with E-state index >= 15 is 0 Å². The van der Waals surface area contributed by atoms with E-state index in [0.29, 0.717) is 5.41 Å². The van der Waals surface area contributed by atoms with Crippen molar-refractivity contribution in [2.24, 2.45) is 52.8 Å². The zero-order valence-corrected chi connectivity index (χ0v) is 25.6. The minimum Gasteiger partial charge on any atom is -0.0649 e. The molecule has 0 rings (SSSR count). The summed E-state index contributed by atoms with van der Waals surface area (Å²) in [6, 6.07) is 0. The molecule has 0 unspecified atom stereocenters. The first-order valence-electron chi connectivity index (χ1n) is 15.3. The largest absolute Gasteiger partial charge is 0.0649 e. The van der Waals surface area contributed by atoms with Crippen molar-refractivity contribution in [1.29, 1.82) is 0 Å². The smallest absolute Gasteiger partial charge is 0.0328 e. The van der Waals surface area contributed by atoms with Crippen LogP contribution in [0.2, 0.25) is 0 Å². The lowest BCUT2D eigenvalue weighted by atomic mass is 9.75. The van der Waals surface area contributed by atoms with Gasteiger partial charge in [0.15, 0.2) is 0 Å². The molecular formula is C33H68. The molecule has 33 heavy (non-hydrogen) atoms. The summed E-state index contributed by atoms with van der Waals surface area (Å²) in [6.07, 6.45) is 17.0. The van der Waals surface area contributed by atoms with Crippen LogP contribution in [-0.2, 0) is 0 Å². The molecule has 0 nitrogen and oxygen atoms in total. The lowest BCUT2D eigenvalue weighted by Gasteiger charge is -2.31. The number of hydrogen-bond acceptors (Lipinski definition) is 0. The molecule has 7 atom stereocenters. The average Bonchev–Trinajstić information content (AvgIpc) is 2.77. The lowest BCUT2D eigenvalue weighted by Crippen LogP contribution is -2.18. The molecule has 0 amide bonds. The van der Waals surface area contributed by atoms with Gasteiger partial charge in [-0.15, -0.1) is 0 Å². The third-order valence-corrected chi connectivity index (χ3v) is 10.1. The molecule has 0 aromatic rings. The molecule has 0 heterocycles. The fraction of sp³-hybridized carbons (Fsp3) is 1.00. The Bertz CT molecular complexity index is 449. The summed E-state index contributed by atoms with van der Waals surface area (Å²) >= 11 is 0. The van der Waals surface area contributed by atoms with Crippen LogP contribution >= 0.6 is 0 Å². The Hall–Kier alpha value is 0. The summed E-state index contributed by atoms with van der Waals surface area (Å²) < 4.78 is 0. The Balaban J connectivity index is 4.20. The summed E-state index contributed by atoms with van der Waals surface area (Å²) in [6.45, 7) is 29.4. The van der Waals surface area contributed by atoms with Crippen molar-refractivity contribution in [3.05, 3.63) is 0 Å². The minimum atomic E-state index is 0.561. The van der Waals surface area contributed by atoms with Crippen molar-refractivity contribution in [3.8, 4) is 0 Å². The quantitative estimate of drug-likeness (QED) is 0.168. The summed E-state index contributed by atoms with van der Waals surface area (Å²) in [5.74, 6) is 6.96. The molecule has 0 bridgehead atoms. The molecule has 200 valence electrons. The maximum Gasteiger partial charge on any atom is -0.0328 e. The van der Waals surface area contributed by atoms with Crippen molar-refractivity contribution < 1.29 is 0 Å². The number of hydrogen-bond donors (Lipinski definition) is 0. The molecule has 0 spiro atoms. The standard InChI is InChI=1S/C33H68/c1-13-33(12,23-14-15-27(6)16-18-29(8)25(2)3)24-22-28(7)17-19-31(10)32(11)21-20-30(9)26(4)5/h25-32H,13-24H2,1-12H3/t27-,28+,29-,30+,31-,32-,33+/m0/s1. The van der Waals surface area contributed by atoms with Crippen molar-refractivity contribution in [2.75, 3.05) is 0 Å². The highest BCUT2D eigenvalue weighted by molar-refractivity contribution is 4.75. The molecule has 0 heteroatoms. The second-order valence-electron chi connectivity index (χ2n) is 13.9. The lowest BCUT2D eigenvalue weighted by molar-refractivity contribution is 0.214. The monoisotopic (exact) mass is 465 g/mol. The molecule has 0 aromatic carbocycles. The highest BCUT2D eigenvalue weighted by atomic mass is 14.3. The van der Waals surface area contributed by atoms with Crippen LogP contribution in [0.15, 0.2) is 0 Å². The molecule has 0 radical (unpaired) electrons. The topological polar surface area (TPSA) is 0 Å². The molecular weight excluding hydrogens is 396 g/mol. The zero-order chi connectivity index (χ0) is 25.6. The Morgan fingerprint density at radius 3 is 1.30 bits per heavy atom. The Morgan fingerprint density at radius 2 is 0.848 bits per heavy atom. The molecule has 0 aliphatic heterocycles. The molecule has 0 fully saturated rings. The maximum absolute atomic E-state index is 2.58. The fourth-order valence-electron chi connectivity index (χ4n) is 5.10. The SMILES string of the molecule is CC[C@](C)(CCC[C@H](C)CC[C@H](C)C(C)C)CC[C@H](C)CC[C@H](C)[C@@H](C)CC[C@@H](C)C(C)C. The van der Waals surface area contributed by atoms with Crippen LogP contribution < -0.4 is 0 Å². The predicted octanol–water partition coefficient (Wildman–Crippen LogP) is 11.8. The normalized spacial score (nSPS) is 19.8. The van der Waals surface area contributed by atoms with Gasteiger partial charge in [0.2, 0.25) is 0 Å². The highest BCUT2D eigenvalue weighted by Gasteiger charge is 2.23. The van der Waals surface area contributed by atoms with Crippen LogP contribution in [-0.4, -0.2) is 0 Å². The van der Waals surface area contributed by atoms with Gasteiger partial charge >= 0.3 is 0 Å². The predicted molar refractivity (Wildman–Crippen MR) is 154 cm³/mol. The van der Waals surface area contributed by atoms with Crippen molar-refractivity contribution in [2.45, 2.75) is 160 Å². The summed E-state index contributed by atoms with van der Waals surface area (Å²) in [7, 11) is 0. The molecule has 0 aromatic heterocycles. The van der Waals surface area contributed by atoms with E-state index in [1.54, 1.807) is 0 Å². The van der Waals surface area contributed by atoms with Crippen LogP contribution in [0.3, 0.4) is 0 Å². The van der Waals surface area contributed by atoms with Gasteiger partial charge in [-0.3, -0.25) is 0 Å². The van der Waals surface area contributed by atoms with Gasteiger partial charge in [-0.05, 0) is 65.6 Å². The minimum absolute atomic E-state index is 0.561. The van der Waals surface area contributed by atoms with Gasteiger partial charge in [0.25, 0.3) is 0 Å². The van der Waals surface area contributed by atoms with E-state index in [1.807, 2.05) is 0 Å². The third kappa shape index (κ3) is 15.6. The fourth-order valence-corrected chi connectivity index (χ4v) is 5.10. The van der Waals surface area contributed by atoms with Crippen LogP contribution in [0, 0.1) is 52.8 Å². The third-order valence-electron chi connectivity index (χ3n) is 10.1. The Labute approximate surface area is 212 Å². The van der Waals surface area contributed by atoms with Gasteiger partial charge in [0.1, 0.15) is 0 Å². The van der Waals surface area contributed by atoms with E-state index in [2.05, 4.69) is 83.1 Å². The van der Waals surface area contributed by atoms with Crippen LogP contribution in [0.1, 0.15) is 160 Å². The molecule has 0 aliphatic rings. The van der Waals surface area contributed by atoms with Gasteiger partial charge in [-0.2, -0.15) is 0 Å². The summed E-state index contributed by atoms with van der Waals surface area (Å²) in [4.78, 5) is 0. The first kappa shape index (κ1) is 33.0. The molecule has 0 N–H and O–H groups in total. The van der Waals surface area contributed by atoms with Gasteiger partial charge in [-0.25, -0.2) is 0 Å². The van der Waals surface area contributed by atoms with Crippen molar-refractivity contribution in [1.82, 2.24) is 0 Å². The van der Waals surface area contributed by atoms with E-state index in [0.717, 1.165) is 47.3 Å². The van der Waals surface area contributed by atoms with E-state index in [4.69, 9.17) is 0 Å². The van der Waals surface area contributed by atoms with Crippen LogP contribution in [0.5, 0.6) is 0 Å². The first-order chi connectivity index (χ1) is 15.3. The summed E-state index contributed by atoms with van der Waals surface area (Å²) in [5, 5.41) is 0. The van der Waals surface area contributed by atoms with Gasteiger partial charge < -0.3 is 0 Å². The van der Waals surface area contributed by atoms with E-state index in [-0.39, 0.29) is 0 Å². The Morgan fingerprint density at radius 1 is 0.455 bits per heavy atom. The van der Waals surface area contributed by atoms with Crippen molar-refractivity contribution >= 4 is 0 Å². The van der Waals surface area contributed by atoms with Crippen molar-refractivity contribution in [3.63, 3.8) is 0 Å². The number of rotatable bonds is 20. The zero-order valence-electron chi connectivity index (χ0n) is 25.6. The second kappa shape index (κ2) is 17.4. The van der Waals surface area contributed by atoms with Crippen LogP contribution in [0.25, 0.3) is 0 Å². The van der Waals surface area contributed by atoms with Gasteiger partial charge in [-0.1, -0.05) is 147 Å². The molecule has 0 aliphatic carbocycles. The summed E-state index contributed by atoms with van der Waals surface area (Å²) in [5.41, 5.74) is 0.561. The van der Waals surface area contributed by atoms with Gasteiger partial charge in [0.05, 0.1) is 0 Å². The highest BCUT2D eigenvalue weighted by Crippen LogP contribution is 2.37. The maximum atomic E-state index is 2.58. The molecule has 0 saturated heterocycles. The van der Waals surface area contributed by atoms with Crippen LogP contribution in [0.4, 0.5) is 0 Å². The Kier molecular flexibility index (Phi) is 17.4. The van der Waals surface area contributed by atoms with E-state index in [9.17, 15) is 0 Å². The van der Waals surface area contributed by atoms with E-state index in [1.165, 1.54) is 77.0 Å². The van der Waals surface area contributed by atoms with E-state index < -0.39 is 0 Å². The average molecular weight is 465 g/mol. The first-order valence-corrected chi connectivity index (χ1v) is 15.3. The van der Waals surface area contributed by atoms with Gasteiger partial charge in [0, 0.05) is 0 Å². The molecule has 0 saturated carbocycles.